The van der Waals surface area contributed by atoms with E-state index in [2.05, 4.69) is 20.3 Å². The Morgan fingerprint density at radius 2 is 2.25 bits per heavy atom. The van der Waals surface area contributed by atoms with Gasteiger partial charge in [-0.3, -0.25) is 0 Å². The maximum Gasteiger partial charge on any atom is 0.234 e. The van der Waals surface area contributed by atoms with Crippen LogP contribution in [0.5, 0.6) is 0 Å². The van der Waals surface area contributed by atoms with Crippen molar-refractivity contribution in [1.82, 2.24) is 24.8 Å². The number of anilines is 1. The van der Waals surface area contributed by atoms with Crippen LogP contribution in [0, 0.1) is 6.92 Å². The average Bonchev–Trinajstić information content (AvgIpc) is 2.81. The summed E-state index contributed by atoms with van der Waals surface area (Å²) in [6.07, 6.45) is 1.67. The van der Waals surface area contributed by atoms with E-state index in [1.165, 1.54) is 11.3 Å². The van der Waals surface area contributed by atoms with E-state index in [1.807, 2.05) is 13.0 Å². The molecule has 0 aromatic carbocycles. The number of nitrogens with two attached hydrogens (primary N) is 1. The molecule has 16 heavy (non-hydrogen) atoms. The first-order valence-corrected chi connectivity index (χ1v) is 5.46. The van der Waals surface area contributed by atoms with Crippen molar-refractivity contribution in [1.29, 1.82) is 0 Å². The minimum absolute atomic E-state index is 0.486. The largest absolute Gasteiger partial charge is 0.384 e. The summed E-state index contributed by atoms with van der Waals surface area (Å²) < 4.78 is 1.72. The molecule has 3 heterocycles. The lowest BCUT2D eigenvalue weighted by Gasteiger charge is -1.95. The van der Waals surface area contributed by atoms with Crippen LogP contribution >= 0.6 is 11.3 Å². The lowest BCUT2D eigenvalue weighted by molar-refractivity contribution is 0.897. The standard InChI is InChI=1S/C9H8N6S/c1-5-12-13-9-15(5)14-8(16-9)6-2-3-11-7(10)4-6/h2-4H,1H3,(H2,10,11). The number of hydrogen-bond donors (Lipinski definition) is 1. The van der Waals surface area contributed by atoms with E-state index in [4.69, 9.17) is 5.73 Å². The molecule has 0 radical (unpaired) electrons. The van der Waals surface area contributed by atoms with Crippen molar-refractivity contribution in [2.24, 2.45) is 0 Å². The number of rotatable bonds is 1. The highest BCUT2D eigenvalue weighted by molar-refractivity contribution is 7.19. The molecular weight excluding hydrogens is 224 g/mol. The van der Waals surface area contributed by atoms with Crippen molar-refractivity contribution < 1.29 is 0 Å². The van der Waals surface area contributed by atoms with Gasteiger partial charge in [0.1, 0.15) is 10.8 Å². The van der Waals surface area contributed by atoms with Crippen molar-refractivity contribution in [3.05, 3.63) is 24.2 Å². The van der Waals surface area contributed by atoms with Crippen LogP contribution in [-0.4, -0.2) is 24.8 Å². The Morgan fingerprint density at radius 3 is 3.00 bits per heavy atom. The lowest BCUT2D eigenvalue weighted by Crippen LogP contribution is -1.91. The Morgan fingerprint density at radius 1 is 1.38 bits per heavy atom. The van der Waals surface area contributed by atoms with E-state index in [-0.39, 0.29) is 0 Å². The second-order valence-corrected chi connectivity index (χ2v) is 4.27. The van der Waals surface area contributed by atoms with Gasteiger partial charge in [-0.15, -0.1) is 10.2 Å². The van der Waals surface area contributed by atoms with Gasteiger partial charge < -0.3 is 5.73 Å². The molecule has 3 rings (SSSR count). The highest BCUT2D eigenvalue weighted by Crippen LogP contribution is 2.25. The first-order chi connectivity index (χ1) is 7.74. The third-order valence-electron chi connectivity index (χ3n) is 2.17. The van der Waals surface area contributed by atoms with Crippen LogP contribution in [0.2, 0.25) is 0 Å². The van der Waals surface area contributed by atoms with E-state index in [0.29, 0.717) is 5.82 Å². The van der Waals surface area contributed by atoms with E-state index < -0.39 is 0 Å². The van der Waals surface area contributed by atoms with Gasteiger partial charge in [0.25, 0.3) is 0 Å². The molecule has 0 aliphatic heterocycles. The topological polar surface area (TPSA) is 82.0 Å². The van der Waals surface area contributed by atoms with Gasteiger partial charge >= 0.3 is 0 Å². The van der Waals surface area contributed by atoms with E-state index >= 15 is 0 Å². The number of fused-ring (bicyclic) bond motifs is 1. The van der Waals surface area contributed by atoms with Gasteiger partial charge in [0.2, 0.25) is 4.96 Å². The summed E-state index contributed by atoms with van der Waals surface area (Å²) in [6, 6.07) is 3.67. The second kappa shape index (κ2) is 3.24. The quantitative estimate of drug-likeness (QED) is 0.680. The van der Waals surface area contributed by atoms with Crippen molar-refractivity contribution in [3.8, 4) is 10.6 Å². The predicted molar refractivity (Wildman–Crippen MR) is 61.0 cm³/mol. The van der Waals surface area contributed by atoms with Gasteiger partial charge in [0.15, 0.2) is 5.82 Å². The average molecular weight is 232 g/mol. The maximum atomic E-state index is 5.63. The fraction of sp³-hybridized carbons (Fsp3) is 0.111. The fourth-order valence-electron chi connectivity index (χ4n) is 1.41. The van der Waals surface area contributed by atoms with Crippen molar-refractivity contribution >= 4 is 22.1 Å². The minimum atomic E-state index is 0.486. The Balaban J connectivity index is 2.19. The lowest BCUT2D eigenvalue weighted by atomic mass is 10.3. The number of aryl methyl sites for hydroxylation is 1. The first kappa shape index (κ1) is 9.22. The molecule has 0 atom stereocenters. The molecule has 80 valence electrons. The van der Waals surface area contributed by atoms with Gasteiger partial charge in [-0.25, -0.2) is 4.98 Å². The molecule has 3 aromatic rings. The molecule has 0 fully saturated rings. The summed E-state index contributed by atoms with van der Waals surface area (Å²) in [7, 11) is 0. The molecule has 0 aliphatic rings. The van der Waals surface area contributed by atoms with Crippen molar-refractivity contribution in [2.45, 2.75) is 6.92 Å². The van der Waals surface area contributed by atoms with Crippen LogP contribution in [0.25, 0.3) is 15.5 Å². The number of nitrogen functional groups attached to an aromatic ring is 1. The van der Waals surface area contributed by atoms with Crippen LogP contribution in [-0.2, 0) is 0 Å². The van der Waals surface area contributed by atoms with Crippen LogP contribution in [0.1, 0.15) is 5.82 Å². The van der Waals surface area contributed by atoms with Crippen LogP contribution < -0.4 is 5.73 Å². The molecule has 0 unspecified atom stereocenters. The number of nitrogens with zero attached hydrogens (tertiary/aromatic N) is 5. The zero-order chi connectivity index (χ0) is 11.1. The zero-order valence-corrected chi connectivity index (χ0v) is 9.27. The molecule has 0 amide bonds. The van der Waals surface area contributed by atoms with Gasteiger partial charge in [-0.1, -0.05) is 11.3 Å². The van der Waals surface area contributed by atoms with Crippen LogP contribution in [0.15, 0.2) is 18.3 Å². The zero-order valence-electron chi connectivity index (χ0n) is 8.45. The summed E-state index contributed by atoms with van der Waals surface area (Å²) in [5.41, 5.74) is 6.57. The third kappa shape index (κ3) is 1.33. The summed E-state index contributed by atoms with van der Waals surface area (Å²) in [5.74, 6) is 1.26. The monoisotopic (exact) mass is 232 g/mol. The van der Waals surface area contributed by atoms with Gasteiger partial charge in [0.05, 0.1) is 0 Å². The van der Waals surface area contributed by atoms with E-state index in [0.717, 1.165) is 21.4 Å². The number of pyridine rings is 1. The molecule has 0 aliphatic carbocycles. The molecule has 0 saturated heterocycles. The Labute approximate surface area is 94.8 Å². The van der Waals surface area contributed by atoms with Crippen LogP contribution in [0.4, 0.5) is 5.82 Å². The highest BCUT2D eigenvalue weighted by atomic mass is 32.1. The van der Waals surface area contributed by atoms with Crippen molar-refractivity contribution in [2.75, 3.05) is 5.73 Å². The van der Waals surface area contributed by atoms with E-state index in [1.54, 1.807) is 16.8 Å². The molecule has 0 saturated carbocycles. The molecule has 6 nitrogen and oxygen atoms in total. The summed E-state index contributed by atoms with van der Waals surface area (Å²) in [4.78, 5) is 4.72. The molecule has 3 aromatic heterocycles. The van der Waals surface area contributed by atoms with Gasteiger partial charge in [0, 0.05) is 11.8 Å². The van der Waals surface area contributed by atoms with Crippen molar-refractivity contribution in [3.63, 3.8) is 0 Å². The molecule has 7 heteroatoms. The maximum absolute atomic E-state index is 5.63. The first-order valence-electron chi connectivity index (χ1n) is 4.65. The fourth-order valence-corrected chi connectivity index (χ4v) is 2.29. The van der Waals surface area contributed by atoms with Gasteiger partial charge in [-0.05, 0) is 19.1 Å². The highest BCUT2D eigenvalue weighted by Gasteiger charge is 2.10. The Bertz CT molecular complexity index is 655. The summed E-state index contributed by atoms with van der Waals surface area (Å²) >= 11 is 1.47. The normalized spacial score (nSPS) is 11.1. The van der Waals surface area contributed by atoms with Gasteiger partial charge in [-0.2, -0.15) is 9.61 Å². The second-order valence-electron chi connectivity index (χ2n) is 3.32. The Hall–Kier alpha value is -2.02. The molecule has 2 N–H and O–H groups in total. The number of aromatic nitrogens is 5. The Kier molecular flexibility index (Phi) is 1.87. The molecular formula is C9H8N6S. The predicted octanol–water partition coefficient (Wildman–Crippen LogP) is 1.14. The molecule has 0 spiro atoms. The number of hydrogen-bond acceptors (Lipinski definition) is 6. The minimum Gasteiger partial charge on any atom is -0.384 e. The smallest absolute Gasteiger partial charge is 0.234 e. The summed E-state index contributed by atoms with van der Waals surface area (Å²) in [6.45, 7) is 1.87. The molecule has 0 bridgehead atoms. The van der Waals surface area contributed by atoms with E-state index in [9.17, 15) is 0 Å². The van der Waals surface area contributed by atoms with Crippen LogP contribution in [0.3, 0.4) is 0 Å². The third-order valence-corrected chi connectivity index (χ3v) is 3.12. The summed E-state index contributed by atoms with van der Waals surface area (Å²) in [5, 5.41) is 13.2. The SMILES string of the molecule is Cc1nnc2sc(-c3ccnc(N)c3)nn12.